The lowest BCUT2D eigenvalue weighted by Crippen LogP contribution is -2.62. The molecule has 0 radical (unpaired) electrons. The third-order valence-corrected chi connectivity index (χ3v) is 3.70. The van der Waals surface area contributed by atoms with Gasteiger partial charge in [-0.05, 0) is 46.0 Å². The van der Waals surface area contributed by atoms with Crippen LogP contribution in [0.4, 0.5) is 0 Å². The summed E-state index contributed by atoms with van der Waals surface area (Å²) < 4.78 is 5.50. The van der Waals surface area contributed by atoms with Crippen molar-refractivity contribution >= 4 is 11.8 Å². The standard InChI is InChI=1S/C16H30N2O3/c1-11(2)10-14-16(20)18(13(5)15(19)17-14)8-6-7-9-21-12(3)4/h11-14H,6-10H2,1-5H3,(H,17,19). The van der Waals surface area contributed by atoms with E-state index in [4.69, 9.17) is 4.74 Å². The molecule has 2 amide bonds. The van der Waals surface area contributed by atoms with E-state index in [1.807, 2.05) is 13.8 Å². The molecule has 0 spiro atoms. The van der Waals surface area contributed by atoms with Crippen molar-refractivity contribution in [3.8, 4) is 0 Å². The van der Waals surface area contributed by atoms with Gasteiger partial charge in [0.1, 0.15) is 12.1 Å². The van der Waals surface area contributed by atoms with Crippen molar-refractivity contribution in [2.75, 3.05) is 13.2 Å². The van der Waals surface area contributed by atoms with Gasteiger partial charge in [-0.15, -0.1) is 0 Å². The first-order valence-corrected chi connectivity index (χ1v) is 8.05. The number of hydrogen-bond acceptors (Lipinski definition) is 3. The maximum atomic E-state index is 12.5. The van der Waals surface area contributed by atoms with Crippen LogP contribution in [0.2, 0.25) is 0 Å². The van der Waals surface area contributed by atoms with Crippen molar-refractivity contribution < 1.29 is 14.3 Å². The van der Waals surface area contributed by atoms with Crippen LogP contribution in [0.3, 0.4) is 0 Å². The number of carbonyl (C=O) groups excluding carboxylic acids is 2. The summed E-state index contributed by atoms with van der Waals surface area (Å²) in [6, 6.07) is -0.729. The third-order valence-electron chi connectivity index (χ3n) is 3.70. The largest absolute Gasteiger partial charge is 0.379 e. The minimum atomic E-state index is -0.369. The van der Waals surface area contributed by atoms with Gasteiger partial charge in [-0.2, -0.15) is 0 Å². The van der Waals surface area contributed by atoms with E-state index in [1.54, 1.807) is 11.8 Å². The van der Waals surface area contributed by atoms with Crippen molar-refractivity contribution in [3.05, 3.63) is 0 Å². The molecule has 0 saturated carbocycles. The Hall–Kier alpha value is -1.10. The Balaban J connectivity index is 2.48. The normalized spacial score (nSPS) is 23.1. The van der Waals surface area contributed by atoms with E-state index >= 15 is 0 Å². The zero-order valence-electron chi connectivity index (χ0n) is 14.0. The van der Waals surface area contributed by atoms with E-state index in [9.17, 15) is 9.59 Å². The lowest BCUT2D eigenvalue weighted by Gasteiger charge is -2.38. The van der Waals surface area contributed by atoms with Gasteiger partial charge in [0, 0.05) is 13.2 Å². The average molecular weight is 298 g/mol. The Bertz CT molecular complexity index is 355. The maximum Gasteiger partial charge on any atom is 0.245 e. The SMILES string of the molecule is CC(C)CC1NC(=O)C(C)N(CCCCOC(C)C)C1=O. The van der Waals surface area contributed by atoms with Crippen LogP contribution in [-0.4, -0.2) is 48.1 Å². The fourth-order valence-electron chi connectivity index (χ4n) is 2.52. The van der Waals surface area contributed by atoms with Crippen LogP contribution in [-0.2, 0) is 14.3 Å². The molecule has 1 fully saturated rings. The number of nitrogens with zero attached hydrogens (tertiary/aromatic N) is 1. The molecule has 2 atom stereocenters. The van der Waals surface area contributed by atoms with Gasteiger partial charge in [0.05, 0.1) is 6.10 Å². The fraction of sp³-hybridized carbons (Fsp3) is 0.875. The smallest absolute Gasteiger partial charge is 0.245 e. The molecule has 2 unspecified atom stereocenters. The molecular formula is C16H30N2O3. The summed E-state index contributed by atoms with van der Waals surface area (Å²) in [5.41, 5.74) is 0. The highest BCUT2D eigenvalue weighted by atomic mass is 16.5. The van der Waals surface area contributed by atoms with E-state index in [-0.39, 0.29) is 30.0 Å². The van der Waals surface area contributed by atoms with Crippen LogP contribution in [0, 0.1) is 5.92 Å². The highest BCUT2D eigenvalue weighted by Gasteiger charge is 2.37. The molecule has 0 aromatic rings. The first-order valence-electron chi connectivity index (χ1n) is 8.05. The number of ether oxygens (including phenoxy) is 1. The van der Waals surface area contributed by atoms with Crippen molar-refractivity contribution in [2.24, 2.45) is 5.92 Å². The van der Waals surface area contributed by atoms with Gasteiger partial charge in [0.25, 0.3) is 0 Å². The molecule has 5 nitrogen and oxygen atoms in total. The topological polar surface area (TPSA) is 58.6 Å². The quantitative estimate of drug-likeness (QED) is 0.697. The molecule has 1 N–H and O–H groups in total. The number of amides is 2. The second-order valence-corrected chi connectivity index (χ2v) is 6.52. The number of carbonyl (C=O) groups is 2. The minimum Gasteiger partial charge on any atom is -0.379 e. The monoisotopic (exact) mass is 298 g/mol. The lowest BCUT2D eigenvalue weighted by molar-refractivity contribution is -0.149. The summed E-state index contributed by atoms with van der Waals surface area (Å²) in [5.74, 6) is 0.396. The maximum absolute atomic E-state index is 12.5. The molecule has 0 aliphatic carbocycles. The molecule has 21 heavy (non-hydrogen) atoms. The van der Waals surface area contributed by atoms with E-state index in [1.165, 1.54) is 0 Å². The summed E-state index contributed by atoms with van der Waals surface area (Å²) in [6.07, 6.45) is 2.71. The third kappa shape index (κ3) is 5.65. The molecule has 1 aliphatic heterocycles. The number of unbranched alkanes of at least 4 members (excludes halogenated alkanes) is 1. The molecule has 1 aliphatic rings. The molecule has 122 valence electrons. The number of hydrogen-bond donors (Lipinski definition) is 1. The lowest BCUT2D eigenvalue weighted by atomic mass is 9.98. The van der Waals surface area contributed by atoms with Gasteiger partial charge in [-0.1, -0.05) is 13.8 Å². The molecule has 1 saturated heterocycles. The Morgan fingerprint density at radius 2 is 1.86 bits per heavy atom. The van der Waals surface area contributed by atoms with Crippen LogP contribution >= 0.6 is 0 Å². The first-order chi connectivity index (χ1) is 9.82. The Labute approximate surface area is 128 Å². The van der Waals surface area contributed by atoms with Crippen LogP contribution < -0.4 is 5.32 Å². The van der Waals surface area contributed by atoms with E-state index in [0.29, 0.717) is 25.5 Å². The van der Waals surface area contributed by atoms with Crippen molar-refractivity contribution in [1.29, 1.82) is 0 Å². The molecule has 0 bridgehead atoms. The van der Waals surface area contributed by atoms with E-state index in [0.717, 1.165) is 12.8 Å². The Morgan fingerprint density at radius 1 is 1.19 bits per heavy atom. The molecule has 0 aromatic heterocycles. The second-order valence-electron chi connectivity index (χ2n) is 6.52. The van der Waals surface area contributed by atoms with Gasteiger partial charge in [0.15, 0.2) is 0 Å². The predicted octanol–water partition coefficient (Wildman–Crippen LogP) is 1.95. The highest BCUT2D eigenvalue weighted by molar-refractivity contribution is 5.96. The number of piperazine rings is 1. The van der Waals surface area contributed by atoms with Gasteiger partial charge < -0.3 is 15.0 Å². The summed E-state index contributed by atoms with van der Waals surface area (Å²) >= 11 is 0. The predicted molar refractivity (Wildman–Crippen MR) is 82.9 cm³/mol. The van der Waals surface area contributed by atoms with Crippen LogP contribution in [0.1, 0.15) is 53.9 Å². The Morgan fingerprint density at radius 3 is 2.43 bits per heavy atom. The molecule has 5 heteroatoms. The van der Waals surface area contributed by atoms with Gasteiger partial charge >= 0.3 is 0 Å². The number of rotatable bonds is 8. The minimum absolute atomic E-state index is 0.0429. The molecular weight excluding hydrogens is 268 g/mol. The Kier molecular flexibility index (Phi) is 7.15. The van der Waals surface area contributed by atoms with Gasteiger partial charge in [-0.3, -0.25) is 9.59 Å². The molecule has 1 rings (SSSR count). The van der Waals surface area contributed by atoms with Gasteiger partial charge in [0.2, 0.25) is 11.8 Å². The summed E-state index contributed by atoms with van der Waals surface area (Å²) in [5, 5.41) is 2.84. The van der Waals surface area contributed by atoms with E-state index in [2.05, 4.69) is 19.2 Å². The zero-order valence-corrected chi connectivity index (χ0v) is 14.0. The van der Waals surface area contributed by atoms with Crippen LogP contribution in [0.5, 0.6) is 0 Å². The summed E-state index contributed by atoms with van der Waals surface area (Å²) in [4.78, 5) is 26.2. The molecule has 0 aromatic carbocycles. The average Bonchev–Trinajstić information content (AvgIpc) is 2.38. The highest BCUT2D eigenvalue weighted by Crippen LogP contribution is 2.16. The fourth-order valence-corrected chi connectivity index (χ4v) is 2.52. The summed E-state index contributed by atoms with van der Waals surface area (Å²) in [7, 11) is 0. The van der Waals surface area contributed by atoms with Crippen LogP contribution in [0.15, 0.2) is 0 Å². The second kappa shape index (κ2) is 8.37. The van der Waals surface area contributed by atoms with E-state index < -0.39 is 0 Å². The zero-order chi connectivity index (χ0) is 16.0. The van der Waals surface area contributed by atoms with Crippen LogP contribution in [0.25, 0.3) is 0 Å². The molecule has 1 heterocycles. The number of nitrogens with one attached hydrogen (secondary N) is 1. The van der Waals surface area contributed by atoms with Crippen molar-refractivity contribution in [1.82, 2.24) is 10.2 Å². The first kappa shape index (κ1) is 18.0. The van der Waals surface area contributed by atoms with Crippen molar-refractivity contribution in [3.63, 3.8) is 0 Å². The summed E-state index contributed by atoms with van der Waals surface area (Å²) in [6.45, 7) is 11.3. The van der Waals surface area contributed by atoms with Crippen molar-refractivity contribution in [2.45, 2.75) is 72.1 Å². The van der Waals surface area contributed by atoms with Gasteiger partial charge in [-0.25, -0.2) is 0 Å².